The van der Waals surface area contributed by atoms with Crippen molar-refractivity contribution in [2.75, 3.05) is 40.7 Å². The molecule has 232 valence electrons. The van der Waals surface area contributed by atoms with E-state index in [1.165, 1.54) is 40.8 Å². The summed E-state index contributed by atoms with van der Waals surface area (Å²) in [5, 5.41) is 2.00. The Kier molecular flexibility index (Phi) is 7.40. The smallest absolute Gasteiger partial charge is 0.410 e. The highest BCUT2D eigenvalue weighted by Gasteiger charge is 2.50. The Morgan fingerprint density at radius 3 is 2.49 bits per heavy atom. The van der Waals surface area contributed by atoms with Crippen molar-refractivity contribution in [1.29, 1.82) is 0 Å². The van der Waals surface area contributed by atoms with Gasteiger partial charge in [-0.1, -0.05) is 17.7 Å². The van der Waals surface area contributed by atoms with Crippen LogP contribution in [0.2, 0.25) is 0 Å². The third-order valence-electron chi connectivity index (χ3n) is 8.54. The molecule has 2 amide bonds. The van der Waals surface area contributed by atoms with E-state index in [0.717, 1.165) is 25.1 Å². The summed E-state index contributed by atoms with van der Waals surface area (Å²) >= 11 is 1.21. The molecule has 1 spiro atoms. The van der Waals surface area contributed by atoms with Crippen LogP contribution in [0, 0.1) is 6.92 Å². The number of benzene rings is 2. The fraction of sp³-hybridized carbons (Fsp3) is 0.452. The lowest BCUT2D eigenvalue weighted by atomic mass is 9.74. The van der Waals surface area contributed by atoms with Gasteiger partial charge in [0.05, 0.1) is 4.90 Å². The first kappa shape index (κ1) is 29.4. The Morgan fingerprint density at radius 1 is 1.12 bits per heavy atom. The number of hydrogen-bond acceptors (Lipinski definition) is 8. The highest BCUT2D eigenvalue weighted by atomic mass is 32.2. The molecule has 0 saturated carbocycles. The largest absolute Gasteiger partial charge is 0.444 e. The van der Waals surface area contributed by atoms with Gasteiger partial charge in [0.2, 0.25) is 5.91 Å². The molecule has 2 saturated heterocycles. The standard InChI is InChI=1S/C31H37N5O5S2.2H2/c1-21-5-10-25-24(19-21)31(12-16-34(17-13-31)29(38)41-30(2,3)4)20-36(25)26-11-15-35(27(26)37)22-6-8-23(9-7-22)43(39,40)33-28-32-14-18-42-28;;/h5-10,14,18-19,26H,11-13,15-17,20H2,1-4H3,(H,32,33);2*1H/t26-;;/m0../s1. The van der Waals surface area contributed by atoms with Crippen LogP contribution in [0.3, 0.4) is 0 Å². The monoisotopic (exact) mass is 627 g/mol. The molecule has 10 nitrogen and oxygen atoms in total. The van der Waals surface area contributed by atoms with Crippen LogP contribution in [-0.4, -0.2) is 68.1 Å². The fourth-order valence-corrected chi connectivity index (χ4v) is 8.22. The zero-order valence-electron chi connectivity index (χ0n) is 24.9. The maximum absolute atomic E-state index is 13.9. The zero-order valence-corrected chi connectivity index (χ0v) is 26.5. The van der Waals surface area contributed by atoms with Gasteiger partial charge in [-0.25, -0.2) is 18.2 Å². The molecule has 3 aliphatic heterocycles. The molecular formula is C31H41N5O5S2. The van der Waals surface area contributed by atoms with Gasteiger partial charge in [-0.05, 0) is 82.9 Å². The molecular weight excluding hydrogens is 587 g/mol. The number of carbonyl (C=O) groups is 2. The number of nitrogens with one attached hydrogen (secondary N) is 1. The number of piperidine rings is 1. The van der Waals surface area contributed by atoms with Gasteiger partial charge in [0.25, 0.3) is 10.0 Å². The van der Waals surface area contributed by atoms with Crippen LogP contribution in [0.25, 0.3) is 0 Å². The molecule has 43 heavy (non-hydrogen) atoms. The molecule has 0 radical (unpaired) electrons. The lowest BCUT2D eigenvalue weighted by Gasteiger charge is -2.40. The summed E-state index contributed by atoms with van der Waals surface area (Å²) in [6.07, 6.45) is 3.53. The van der Waals surface area contributed by atoms with E-state index in [1.54, 1.807) is 27.3 Å². The molecule has 12 heteroatoms. The Hall–Kier alpha value is -3.64. The van der Waals surface area contributed by atoms with E-state index in [-0.39, 0.29) is 31.2 Å². The predicted molar refractivity (Wildman–Crippen MR) is 172 cm³/mol. The van der Waals surface area contributed by atoms with E-state index in [0.29, 0.717) is 36.9 Å². The number of sulfonamides is 1. The lowest BCUT2D eigenvalue weighted by Crippen LogP contribution is -2.50. The molecule has 4 heterocycles. The number of rotatable bonds is 5. The van der Waals surface area contributed by atoms with E-state index in [4.69, 9.17) is 4.74 Å². The van der Waals surface area contributed by atoms with Crippen molar-refractivity contribution in [3.05, 3.63) is 65.2 Å². The van der Waals surface area contributed by atoms with Crippen LogP contribution in [0.4, 0.5) is 21.3 Å². The molecule has 0 aliphatic carbocycles. The second-order valence-electron chi connectivity index (χ2n) is 12.6. The zero-order chi connectivity index (χ0) is 30.6. The van der Waals surface area contributed by atoms with Crippen molar-refractivity contribution in [1.82, 2.24) is 9.88 Å². The number of likely N-dealkylation sites (tertiary alicyclic amines) is 1. The predicted octanol–water partition coefficient (Wildman–Crippen LogP) is 5.64. The molecule has 3 aromatic rings. The van der Waals surface area contributed by atoms with Crippen molar-refractivity contribution < 1.29 is 25.6 Å². The van der Waals surface area contributed by atoms with Crippen LogP contribution < -0.4 is 14.5 Å². The van der Waals surface area contributed by atoms with Gasteiger partial charge in [0, 0.05) is 57.4 Å². The first-order valence-corrected chi connectivity index (χ1v) is 16.9. The van der Waals surface area contributed by atoms with Gasteiger partial charge in [-0.3, -0.25) is 9.52 Å². The Bertz CT molecular complexity index is 1640. The second kappa shape index (κ2) is 10.8. The lowest BCUT2D eigenvalue weighted by molar-refractivity contribution is -0.118. The highest BCUT2D eigenvalue weighted by Crippen LogP contribution is 2.49. The van der Waals surface area contributed by atoms with Crippen LogP contribution in [0.5, 0.6) is 0 Å². The summed E-state index contributed by atoms with van der Waals surface area (Å²) in [7, 11) is -3.78. The number of nitrogens with zero attached hydrogens (tertiary/aromatic N) is 4. The number of aryl methyl sites for hydroxylation is 1. The van der Waals surface area contributed by atoms with Gasteiger partial charge in [-0.15, -0.1) is 11.3 Å². The van der Waals surface area contributed by atoms with Crippen molar-refractivity contribution in [3.63, 3.8) is 0 Å². The van der Waals surface area contributed by atoms with Gasteiger partial charge in [0.15, 0.2) is 5.13 Å². The normalized spacial score (nSPS) is 20.0. The molecule has 1 atom stereocenters. The number of anilines is 3. The summed E-state index contributed by atoms with van der Waals surface area (Å²) in [6, 6.07) is 12.6. The van der Waals surface area contributed by atoms with Crippen LogP contribution >= 0.6 is 11.3 Å². The summed E-state index contributed by atoms with van der Waals surface area (Å²) in [6.45, 7) is 10.2. The Morgan fingerprint density at radius 2 is 1.84 bits per heavy atom. The quantitative estimate of drug-likeness (QED) is 0.390. The number of aromatic nitrogens is 1. The highest BCUT2D eigenvalue weighted by molar-refractivity contribution is 7.93. The van der Waals surface area contributed by atoms with Gasteiger partial charge in [0.1, 0.15) is 11.6 Å². The number of amides is 2. The minimum absolute atomic E-state index is 0. The maximum atomic E-state index is 13.9. The maximum Gasteiger partial charge on any atom is 0.410 e. The molecule has 2 aromatic carbocycles. The third-order valence-corrected chi connectivity index (χ3v) is 10.7. The van der Waals surface area contributed by atoms with E-state index in [1.807, 2.05) is 20.8 Å². The number of thiazole rings is 1. The summed E-state index contributed by atoms with van der Waals surface area (Å²) < 4.78 is 33.6. The molecule has 0 bridgehead atoms. The second-order valence-corrected chi connectivity index (χ2v) is 15.2. The van der Waals surface area contributed by atoms with Crippen molar-refractivity contribution in [2.24, 2.45) is 0 Å². The van der Waals surface area contributed by atoms with Crippen molar-refractivity contribution in [3.8, 4) is 0 Å². The van der Waals surface area contributed by atoms with Gasteiger partial charge in [-0.2, -0.15) is 0 Å². The molecule has 0 unspecified atom stereocenters. The van der Waals surface area contributed by atoms with Crippen molar-refractivity contribution in [2.45, 2.75) is 68.9 Å². The van der Waals surface area contributed by atoms with E-state index < -0.39 is 15.6 Å². The molecule has 1 aromatic heterocycles. The van der Waals surface area contributed by atoms with Crippen LogP contribution in [0.15, 0.2) is 58.9 Å². The average Bonchev–Trinajstić information content (AvgIpc) is 3.67. The Labute approximate surface area is 259 Å². The Balaban J connectivity index is 0.00000230. The van der Waals surface area contributed by atoms with Crippen molar-refractivity contribution >= 4 is 49.9 Å². The average molecular weight is 628 g/mol. The fourth-order valence-electron chi connectivity index (χ4n) is 6.43. The molecule has 2 fully saturated rings. The molecule has 1 N–H and O–H groups in total. The summed E-state index contributed by atoms with van der Waals surface area (Å²) in [5.74, 6) is 0.00582. The van der Waals surface area contributed by atoms with Crippen LogP contribution in [-0.2, 0) is 25.0 Å². The SMILES string of the molecule is Cc1ccc2c(c1)C1(CCN(C(=O)OC(C)(C)C)CC1)CN2[C@H]1CCN(c2ccc(S(=O)(=O)Nc3nccs3)cc2)C1=O.[HH].[HH]. The first-order chi connectivity index (χ1) is 20.4. The number of hydrogen-bond donors (Lipinski definition) is 1. The minimum Gasteiger partial charge on any atom is -0.444 e. The molecule has 6 rings (SSSR count). The van der Waals surface area contributed by atoms with Gasteiger partial charge >= 0.3 is 6.09 Å². The summed E-state index contributed by atoms with van der Waals surface area (Å²) in [4.78, 5) is 36.5. The topological polar surface area (TPSA) is 112 Å². The number of carbonyl (C=O) groups excluding carboxylic acids is 2. The number of fused-ring (bicyclic) bond motifs is 2. The van der Waals surface area contributed by atoms with Gasteiger partial charge < -0.3 is 19.4 Å². The third kappa shape index (κ3) is 5.70. The van der Waals surface area contributed by atoms with E-state index in [2.05, 4.69) is 39.7 Å². The summed E-state index contributed by atoms with van der Waals surface area (Å²) in [5.41, 5.74) is 3.50. The van der Waals surface area contributed by atoms with Crippen LogP contribution in [0.1, 0.15) is 54.0 Å². The minimum atomic E-state index is -3.78. The number of ether oxygens (including phenoxy) is 1. The first-order valence-electron chi connectivity index (χ1n) is 14.5. The van der Waals surface area contributed by atoms with E-state index >= 15 is 0 Å². The van der Waals surface area contributed by atoms with E-state index in [9.17, 15) is 18.0 Å². The molecule has 3 aliphatic rings.